The third kappa shape index (κ3) is 2.43. The third-order valence-corrected chi connectivity index (χ3v) is 7.00. The predicted octanol–water partition coefficient (Wildman–Crippen LogP) is 4.75. The Kier molecular flexibility index (Phi) is 3.87. The first-order chi connectivity index (χ1) is 8.65. The topological polar surface area (TPSA) is 20.2 Å². The molecule has 0 spiro atoms. The van der Waals surface area contributed by atoms with Gasteiger partial charge in [-0.3, -0.25) is 0 Å². The van der Waals surface area contributed by atoms with Crippen LogP contribution in [-0.2, 0) is 12.2 Å². The predicted molar refractivity (Wildman–Crippen MR) is 85.0 cm³/mol. The Morgan fingerprint density at radius 1 is 1.33 bits per heavy atom. The van der Waals surface area contributed by atoms with E-state index in [-0.39, 0.29) is 0 Å². The summed E-state index contributed by atoms with van der Waals surface area (Å²) < 4.78 is 1.09. The number of aliphatic hydroxyl groups is 1. The van der Waals surface area contributed by atoms with Gasteiger partial charge in [0.25, 0.3) is 0 Å². The molecule has 0 saturated carbocycles. The molecule has 3 heterocycles. The highest BCUT2D eigenvalue weighted by atomic mass is 79.9. The summed E-state index contributed by atoms with van der Waals surface area (Å²) in [4.78, 5) is 3.75. The molecule has 0 fully saturated rings. The molecule has 0 aromatic carbocycles. The van der Waals surface area contributed by atoms with Gasteiger partial charge in [0.2, 0.25) is 0 Å². The maximum absolute atomic E-state index is 10.5. The van der Waals surface area contributed by atoms with Crippen LogP contribution in [0.1, 0.15) is 31.9 Å². The maximum atomic E-state index is 10.5. The highest BCUT2D eigenvalue weighted by molar-refractivity contribution is 9.11. The van der Waals surface area contributed by atoms with Gasteiger partial charge in [0.15, 0.2) is 0 Å². The van der Waals surface area contributed by atoms with Crippen LogP contribution in [0.25, 0.3) is 0 Å². The Bertz CT molecular complexity index is 549. The summed E-state index contributed by atoms with van der Waals surface area (Å²) >= 11 is 8.94. The van der Waals surface area contributed by atoms with Crippen LogP contribution in [0.2, 0.25) is 0 Å². The summed E-state index contributed by atoms with van der Waals surface area (Å²) in [7, 11) is 0. The van der Waals surface area contributed by atoms with E-state index in [1.165, 1.54) is 21.1 Å². The van der Waals surface area contributed by atoms with Crippen molar-refractivity contribution in [3.05, 3.63) is 41.7 Å². The quantitative estimate of drug-likeness (QED) is 0.833. The molecule has 2 aromatic rings. The highest BCUT2D eigenvalue weighted by Crippen LogP contribution is 2.39. The van der Waals surface area contributed by atoms with E-state index >= 15 is 0 Å². The minimum Gasteiger partial charge on any atom is -0.383 e. The molecule has 1 nitrogen and oxygen atoms in total. The van der Waals surface area contributed by atoms with Crippen molar-refractivity contribution in [2.24, 2.45) is 0 Å². The lowest BCUT2D eigenvalue weighted by Gasteiger charge is -2.08. The summed E-state index contributed by atoms with van der Waals surface area (Å²) in [5, 5.41) is 10.5. The van der Waals surface area contributed by atoms with Gasteiger partial charge in [-0.15, -0.1) is 22.7 Å². The number of hydrogen-bond acceptors (Lipinski definition) is 4. The van der Waals surface area contributed by atoms with E-state index in [2.05, 4.69) is 28.9 Å². The number of hydrogen-bond donors (Lipinski definition) is 1. The fraction of sp³-hybridized carbons (Fsp3) is 0.385. The monoisotopic (exact) mass is 360 g/mol. The average Bonchev–Trinajstić information content (AvgIpc) is 2.91. The minimum atomic E-state index is -0.465. The summed E-state index contributed by atoms with van der Waals surface area (Å²) in [6.07, 6.45) is 0.692. The first-order valence-electron chi connectivity index (χ1n) is 5.78. The molecule has 5 heteroatoms. The van der Waals surface area contributed by atoms with E-state index in [0.717, 1.165) is 26.4 Å². The van der Waals surface area contributed by atoms with Crippen molar-refractivity contribution in [3.63, 3.8) is 0 Å². The second-order valence-corrected chi connectivity index (χ2v) is 9.27. The van der Waals surface area contributed by atoms with Gasteiger partial charge in [-0.05, 0) is 52.7 Å². The molecule has 0 radical (unpaired) electrons. The lowest BCUT2D eigenvalue weighted by molar-refractivity contribution is 0.224. The first kappa shape index (κ1) is 13.2. The van der Waals surface area contributed by atoms with Gasteiger partial charge >= 0.3 is 0 Å². The molecule has 1 unspecified atom stereocenters. The Morgan fingerprint density at radius 2 is 2.17 bits per heavy atom. The highest BCUT2D eigenvalue weighted by Gasteiger charge is 2.21. The normalized spacial score (nSPS) is 16.6. The van der Waals surface area contributed by atoms with Crippen molar-refractivity contribution in [1.29, 1.82) is 0 Å². The minimum absolute atomic E-state index is 0.465. The Labute approximate surface area is 127 Å². The van der Waals surface area contributed by atoms with Gasteiger partial charge in [-0.2, -0.15) is 11.8 Å². The van der Waals surface area contributed by atoms with Crippen LogP contribution in [0, 0.1) is 6.92 Å². The van der Waals surface area contributed by atoms with Gasteiger partial charge < -0.3 is 5.11 Å². The van der Waals surface area contributed by atoms with Crippen LogP contribution in [-0.4, -0.2) is 10.9 Å². The molecule has 0 bridgehead atoms. The zero-order valence-corrected chi connectivity index (χ0v) is 13.9. The van der Waals surface area contributed by atoms with Crippen molar-refractivity contribution in [3.8, 4) is 0 Å². The van der Waals surface area contributed by atoms with E-state index in [1.54, 1.807) is 22.7 Å². The van der Waals surface area contributed by atoms with Crippen LogP contribution in [0.15, 0.2) is 15.9 Å². The Morgan fingerprint density at radius 3 is 2.83 bits per heavy atom. The molecule has 0 amide bonds. The molecule has 1 aliphatic rings. The van der Waals surface area contributed by atoms with E-state index in [4.69, 9.17) is 0 Å². The van der Waals surface area contributed by atoms with Crippen molar-refractivity contribution in [2.75, 3.05) is 5.75 Å². The van der Waals surface area contributed by atoms with Gasteiger partial charge in [-0.1, -0.05) is 0 Å². The molecule has 3 rings (SSSR count). The van der Waals surface area contributed by atoms with Gasteiger partial charge in [0, 0.05) is 25.9 Å². The largest absolute Gasteiger partial charge is 0.383 e. The number of halogens is 1. The zero-order valence-electron chi connectivity index (χ0n) is 9.90. The maximum Gasteiger partial charge on any atom is 0.114 e. The van der Waals surface area contributed by atoms with Crippen LogP contribution in [0.3, 0.4) is 0 Å². The average molecular weight is 361 g/mol. The van der Waals surface area contributed by atoms with Crippen LogP contribution < -0.4 is 0 Å². The van der Waals surface area contributed by atoms with Crippen LogP contribution in [0.4, 0.5) is 0 Å². The standard InChI is InChI=1S/C13H13BrOS3/c1-7-9(5-12(14)17-7)13(15)11-4-8-6-16-3-2-10(8)18-11/h4-5,13,15H,2-3,6H2,1H3. The molecule has 1 atom stereocenters. The summed E-state index contributed by atoms with van der Waals surface area (Å²) in [5.74, 6) is 2.32. The lowest BCUT2D eigenvalue weighted by atomic mass is 10.1. The first-order valence-corrected chi connectivity index (χ1v) is 9.36. The van der Waals surface area contributed by atoms with E-state index < -0.39 is 6.10 Å². The molecule has 0 aliphatic carbocycles. The fourth-order valence-corrected chi connectivity index (χ4v) is 6.31. The molecule has 1 aliphatic heterocycles. The molecule has 2 aromatic heterocycles. The molecular weight excluding hydrogens is 348 g/mol. The van der Waals surface area contributed by atoms with E-state index in [1.807, 2.05) is 17.8 Å². The van der Waals surface area contributed by atoms with Crippen LogP contribution >= 0.6 is 50.4 Å². The number of thiophene rings is 2. The Balaban J connectivity index is 1.94. The number of aryl methyl sites for hydroxylation is 2. The lowest BCUT2D eigenvalue weighted by Crippen LogP contribution is -1.97. The molecule has 0 saturated heterocycles. The number of thioether (sulfide) groups is 1. The second-order valence-electron chi connectivity index (χ2n) is 4.36. The molecule has 18 heavy (non-hydrogen) atoms. The smallest absolute Gasteiger partial charge is 0.114 e. The summed E-state index contributed by atoms with van der Waals surface area (Å²) in [5.41, 5.74) is 2.47. The summed E-state index contributed by atoms with van der Waals surface area (Å²) in [6, 6.07) is 4.24. The van der Waals surface area contributed by atoms with Crippen molar-refractivity contribution < 1.29 is 5.11 Å². The van der Waals surface area contributed by atoms with Gasteiger partial charge in [0.05, 0.1) is 3.79 Å². The molecule has 96 valence electrons. The van der Waals surface area contributed by atoms with Crippen molar-refractivity contribution in [2.45, 2.75) is 25.2 Å². The number of rotatable bonds is 2. The zero-order chi connectivity index (χ0) is 12.7. The van der Waals surface area contributed by atoms with Crippen LogP contribution in [0.5, 0.6) is 0 Å². The number of fused-ring (bicyclic) bond motifs is 1. The van der Waals surface area contributed by atoms with Gasteiger partial charge in [0.1, 0.15) is 6.10 Å². The summed E-state index contributed by atoms with van der Waals surface area (Å²) in [6.45, 7) is 2.07. The second kappa shape index (κ2) is 5.29. The Hall–Kier alpha value is 0.190. The third-order valence-electron chi connectivity index (χ3n) is 3.14. The number of aliphatic hydroxyl groups excluding tert-OH is 1. The van der Waals surface area contributed by atoms with Crippen molar-refractivity contribution >= 4 is 50.4 Å². The van der Waals surface area contributed by atoms with E-state index in [9.17, 15) is 5.11 Å². The van der Waals surface area contributed by atoms with Gasteiger partial charge in [-0.25, -0.2) is 0 Å². The molecule has 1 N–H and O–H groups in total. The van der Waals surface area contributed by atoms with Crippen molar-refractivity contribution in [1.82, 2.24) is 0 Å². The van der Waals surface area contributed by atoms with E-state index in [0.29, 0.717) is 0 Å². The fourth-order valence-electron chi connectivity index (χ4n) is 2.19. The molecular formula is C13H13BrOS3. The SMILES string of the molecule is Cc1sc(Br)cc1C(O)c1cc2c(s1)CCSC2.